The first-order valence-corrected chi connectivity index (χ1v) is 7.82. The number of benzene rings is 1. The summed E-state index contributed by atoms with van der Waals surface area (Å²) in [6.45, 7) is 2.28. The molecule has 0 aliphatic heterocycles. The van der Waals surface area contributed by atoms with E-state index in [1.165, 1.54) is 16.7 Å². The predicted molar refractivity (Wildman–Crippen MR) is 79.4 cm³/mol. The highest BCUT2D eigenvalue weighted by molar-refractivity contribution is 5.75. The summed E-state index contributed by atoms with van der Waals surface area (Å²) in [6, 6.07) is 5.83. The predicted octanol–water partition coefficient (Wildman–Crippen LogP) is 3.66. The molecule has 1 fully saturated rings. The number of aromatic hydroxyl groups is 1. The Kier molecular flexibility index (Phi) is 2.56. The van der Waals surface area contributed by atoms with Gasteiger partial charge in [-0.1, -0.05) is 18.6 Å². The highest BCUT2D eigenvalue weighted by Crippen LogP contribution is 2.58. The normalized spacial score (nSPS) is 35.5. The number of hydrogen-bond acceptors (Lipinski definition) is 2. The molecule has 1 aromatic carbocycles. The Balaban J connectivity index is 1.83. The molecule has 0 bridgehead atoms. The van der Waals surface area contributed by atoms with Gasteiger partial charge in [0.25, 0.3) is 0 Å². The lowest BCUT2D eigenvalue weighted by Gasteiger charge is -2.43. The molecule has 0 radical (unpaired) electrons. The second kappa shape index (κ2) is 4.11. The molecule has 0 spiro atoms. The number of aliphatic hydroxyl groups is 1. The molecule has 4 rings (SSSR count). The number of allylic oxidation sites excluding steroid dienone is 2. The Morgan fingerprint density at radius 2 is 2.00 bits per heavy atom. The van der Waals surface area contributed by atoms with Crippen molar-refractivity contribution in [1.29, 1.82) is 0 Å². The van der Waals surface area contributed by atoms with Gasteiger partial charge in [-0.25, -0.2) is 0 Å². The topological polar surface area (TPSA) is 40.5 Å². The molecule has 3 atom stereocenters. The Bertz CT molecular complexity index is 601. The van der Waals surface area contributed by atoms with Gasteiger partial charge in [-0.05, 0) is 73.3 Å². The molecule has 2 heteroatoms. The van der Waals surface area contributed by atoms with Crippen LogP contribution in [-0.4, -0.2) is 16.3 Å². The fourth-order valence-corrected chi connectivity index (χ4v) is 4.88. The second-order valence-corrected chi connectivity index (χ2v) is 7.00. The van der Waals surface area contributed by atoms with Gasteiger partial charge in [0, 0.05) is 5.41 Å². The zero-order chi connectivity index (χ0) is 13.9. The maximum absolute atomic E-state index is 10.3. The summed E-state index contributed by atoms with van der Waals surface area (Å²) in [5.74, 6) is 0.952. The quantitative estimate of drug-likeness (QED) is 0.755. The van der Waals surface area contributed by atoms with Crippen LogP contribution in [0.25, 0.3) is 5.57 Å². The number of phenolic OH excluding ortho intramolecular Hbond substituents is 1. The third-order valence-corrected chi connectivity index (χ3v) is 6.09. The number of hydrogen-bond donors (Lipinski definition) is 2. The molecule has 3 aliphatic rings. The Labute approximate surface area is 120 Å². The molecule has 0 amide bonds. The van der Waals surface area contributed by atoms with Gasteiger partial charge in [0.05, 0.1) is 6.10 Å². The smallest absolute Gasteiger partial charge is 0.115 e. The van der Waals surface area contributed by atoms with Crippen molar-refractivity contribution in [2.45, 2.75) is 51.6 Å². The summed E-state index contributed by atoms with van der Waals surface area (Å²) < 4.78 is 0. The van der Waals surface area contributed by atoms with Crippen LogP contribution < -0.4 is 0 Å². The van der Waals surface area contributed by atoms with Crippen molar-refractivity contribution in [2.75, 3.05) is 0 Å². The minimum Gasteiger partial charge on any atom is -0.508 e. The Morgan fingerprint density at radius 3 is 2.85 bits per heavy atom. The molecular weight excluding hydrogens is 248 g/mol. The van der Waals surface area contributed by atoms with Crippen LogP contribution in [0.5, 0.6) is 5.75 Å². The fraction of sp³-hybridized carbons (Fsp3) is 0.556. The van der Waals surface area contributed by atoms with Crippen LogP contribution in [-0.2, 0) is 6.42 Å². The van der Waals surface area contributed by atoms with E-state index in [2.05, 4.69) is 13.0 Å². The standard InChI is InChI=1S/C18H22O2/c1-18-9-8-14-13-5-3-12(19)10-11(13)2-4-15(14)16(18)6-7-17(18)20/h3,5,10,16-17,19-20H,2,4,6-9H2,1H3/t16-,17+,18-/m0/s1. The van der Waals surface area contributed by atoms with Gasteiger partial charge in [-0.15, -0.1) is 0 Å². The van der Waals surface area contributed by atoms with Crippen molar-refractivity contribution in [3.8, 4) is 5.75 Å². The Hall–Kier alpha value is -1.28. The second-order valence-electron chi connectivity index (χ2n) is 7.00. The number of fused-ring (bicyclic) bond motifs is 4. The first-order chi connectivity index (χ1) is 9.59. The third kappa shape index (κ3) is 1.54. The number of aliphatic hydroxyl groups excluding tert-OH is 1. The molecule has 0 saturated heterocycles. The van der Waals surface area contributed by atoms with Crippen LogP contribution in [0.4, 0.5) is 0 Å². The molecular formula is C18H22O2. The van der Waals surface area contributed by atoms with Crippen LogP contribution >= 0.6 is 0 Å². The van der Waals surface area contributed by atoms with Gasteiger partial charge in [-0.2, -0.15) is 0 Å². The van der Waals surface area contributed by atoms with E-state index in [1.54, 1.807) is 5.57 Å². The summed E-state index contributed by atoms with van der Waals surface area (Å²) in [4.78, 5) is 0. The largest absolute Gasteiger partial charge is 0.508 e. The van der Waals surface area contributed by atoms with Crippen LogP contribution in [0, 0.1) is 11.3 Å². The molecule has 2 nitrogen and oxygen atoms in total. The van der Waals surface area contributed by atoms with Gasteiger partial charge in [-0.3, -0.25) is 0 Å². The average molecular weight is 270 g/mol. The van der Waals surface area contributed by atoms with Crippen molar-refractivity contribution < 1.29 is 10.2 Å². The maximum Gasteiger partial charge on any atom is 0.115 e. The van der Waals surface area contributed by atoms with Gasteiger partial charge >= 0.3 is 0 Å². The average Bonchev–Trinajstić information content (AvgIpc) is 2.74. The van der Waals surface area contributed by atoms with Crippen LogP contribution in [0.1, 0.15) is 50.2 Å². The highest BCUT2D eigenvalue weighted by atomic mass is 16.3. The van der Waals surface area contributed by atoms with Gasteiger partial charge in [0.2, 0.25) is 0 Å². The summed E-state index contributed by atoms with van der Waals surface area (Å²) >= 11 is 0. The lowest BCUT2D eigenvalue weighted by Crippen LogP contribution is -2.37. The zero-order valence-corrected chi connectivity index (χ0v) is 12.0. The Morgan fingerprint density at radius 1 is 1.15 bits per heavy atom. The van der Waals surface area contributed by atoms with Crippen molar-refractivity contribution >= 4 is 5.57 Å². The van der Waals surface area contributed by atoms with E-state index in [0.717, 1.165) is 38.5 Å². The summed E-state index contributed by atoms with van der Waals surface area (Å²) in [6.07, 6.45) is 6.30. The van der Waals surface area contributed by atoms with E-state index in [-0.39, 0.29) is 11.5 Å². The SMILES string of the molecule is C[C@]12CCC3=C(CCc4cc(O)ccc43)[C@@H]1CC[C@H]2O. The van der Waals surface area contributed by atoms with E-state index in [4.69, 9.17) is 0 Å². The van der Waals surface area contributed by atoms with Crippen LogP contribution in [0.2, 0.25) is 0 Å². The van der Waals surface area contributed by atoms with E-state index < -0.39 is 0 Å². The lowest BCUT2D eigenvalue weighted by molar-refractivity contribution is 0.0379. The molecule has 0 heterocycles. The number of aryl methyl sites for hydroxylation is 1. The third-order valence-electron chi connectivity index (χ3n) is 6.09. The van der Waals surface area contributed by atoms with E-state index in [1.807, 2.05) is 12.1 Å². The summed E-state index contributed by atoms with van der Waals surface area (Å²) in [5.41, 5.74) is 5.88. The number of phenols is 1. The molecule has 20 heavy (non-hydrogen) atoms. The van der Waals surface area contributed by atoms with Crippen LogP contribution in [0.15, 0.2) is 23.8 Å². The molecule has 2 N–H and O–H groups in total. The van der Waals surface area contributed by atoms with Crippen molar-refractivity contribution in [1.82, 2.24) is 0 Å². The van der Waals surface area contributed by atoms with Gasteiger partial charge in [0.1, 0.15) is 5.75 Å². The van der Waals surface area contributed by atoms with Crippen molar-refractivity contribution in [3.63, 3.8) is 0 Å². The minimum atomic E-state index is -0.122. The number of rotatable bonds is 0. The van der Waals surface area contributed by atoms with Gasteiger partial charge in [0.15, 0.2) is 0 Å². The molecule has 1 saturated carbocycles. The fourth-order valence-electron chi connectivity index (χ4n) is 4.88. The molecule has 1 aromatic rings. The first-order valence-electron chi connectivity index (χ1n) is 7.82. The molecule has 3 aliphatic carbocycles. The first kappa shape index (κ1) is 12.5. The van der Waals surface area contributed by atoms with Crippen molar-refractivity contribution in [3.05, 3.63) is 34.9 Å². The minimum absolute atomic E-state index is 0.104. The monoisotopic (exact) mass is 270 g/mol. The van der Waals surface area contributed by atoms with Crippen molar-refractivity contribution in [2.24, 2.45) is 11.3 Å². The summed E-state index contributed by atoms with van der Waals surface area (Å²) in [5, 5.41) is 20.0. The molecule has 0 unspecified atom stereocenters. The van der Waals surface area contributed by atoms with E-state index in [0.29, 0.717) is 11.7 Å². The van der Waals surface area contributed by atoms with Crippen LogP contribution in [0.3, 0.4) is 0 Å². The molecule has 0 aromatic heterocycles. The molecule has 106 valence electrons. The highest BCUT2D eigenvalue weighted by Gasteiger charge is 2.50. The van der Waals surface area contributed by atoms with E-state index >= 15 is 0 Å². The maximum atomic E-state index is 10.3. The lowest BCUT2D eigenvalue weighted by atomic mass is 9.62. The zero-order valence-electron chi connectivity index (χ0n) is 12.0. The van der Waals surface area contributed by atoms with Gasteiger partial charge < -0.3 is 10.2 Å². The summed E-state index contributed by atoms with van der Waals surface area (Å²) in [7, 11) is 0. The van der Waals surface area contributed by atoms with E-state index in [9.17, 15) is 10.2 Å².